The van der Waals surface area contributed by atoms with Gasteiger partial charge in [-0.2, -0.15) is 0 Å². The minimum Gasteiger partial charge on any atom is -0.384 e. The SMILES string of the molecule is Nc1cc(NC2CCCNC2)nc(-c2ccc(F)c(Cl)c2)n1. The van der Waals surface area contributed by atoms with Crippen LogP contribution >= 0.6 is 11.6 Å². The first kappa shape index (κ1) is 15.0. The van der Waals surface area contributed by atoms with E-state index in [9.17, 15) is 4.39 Å². The van der Waals surface area contributed by atoms with Gasteiger partial charge in [-0.1, -0.05) is 11.6 Å². The molecule has 1 aromatic heterocycles. The molecule has 1 saturated heterocycles. The van der Waals surface area contributed by atoms with E-state index in [1.165, 1.54) is 12.1 Å². The molecule has 7 heteroatoms. The van der Waals surface area contributed by atoms with Gasteiger partial charge in [-0.25, -0.2) is 14.4 Å². The van der Waals surface area contributed by atoms with Crippen LogP contribution in [0, 0.1) is 5.82 Å². The summed E-state index contributed by atoms with van der Waals surface area (Å²) in [4.78, 5) is 8.66. The van der Waals surface area contributed by atoms with Gasteiger partial charge in [0.1, 0.15) is 17.5 Å². The number of aromatic nitrogens is 2. The maximum atomic E-state index is 13.3. The highest BCUT2D eigenvalue weighted by molar-refractivity contribution is 6.31. The van der Waals surface area contributed by atoms with E-state index in [1.807, 2.05) is 0 Å². The smallest absolute Gasteiger partial charge is 0.163 e. The largest absolute Gasteiger partial charge is 0.384 e. The molecule has 1 unspecified atom stereocenters. The van der Waals surface area contributed by atoms with Crippen LogP contribution in [-0.4, -0.2) is 29.1 Å². The number of hydrogen-bond donors (Lipinski definition) is 3. The first-order valence-electron chi connectivity index (χ1n) is 7.19. The minimum absolute atomic E-state index is 0.0366. The van der Waals surface area contributed by atoms with Crippen LogP contribution in [0.2, 0.25) is 5.02 Å². The van der Waals surface area contributed by atoms with Crippen molar-refractivity contribution in [2.75, 3.05) is 24.1 Å². The minimum atomic E-state index is -0.471. The highest BCUT2D eigenvalue weighted by Gasteiger charge is 2.14. The summed E-state index contributed by atoms with van der Waals surface area (Å²) in [5.74, 6) is 0.975. The molecule has 5 nitrogen and oxygen atoms in total. The van der Waals surface area contributed by atoms with E-state index in [2.05, 4.69) is 20.6 Å². The number of nitrogens with zero attached hydrogens (tertiary/aromatic N) is 2. The summed E-state index contributed by atoms with van der Waals surface area (Å²) >= 11 is 5.81. The molecular weight excluding hydrogens is 305 g/mol. The number of nitrogen functional groups attached to an aromatic ring is 1. The van der Waals surface area contributed by atoms with Gasteiger partial charge in [-0.3, -0.25) is 0 Å². The summed E-state index contributed by atoms with van der Waals surface area (Å²) in [6.07, 6.45) is 2.20. The number of anilines is 2. The van der Waals surface area contributed by atoms with Gasteiger partial charge in [-0.05, 0) is 37.6 Å². The molecule has 2 heterocycles. The second-order valence-electron chi connectivity index (χ2n) is 5.32. The van der Waals surface area contributed by atoms with Crippen LogP contribution in [0.4, 0.5) is 16.0 Å². The quantitative estimate of drug-likeness (QED) is 0.810. The number of piperidine rings is 1. The van der Waals surface area contributed by atoms with Crippen LogP contribution in [0.3, 0.4) is 0 Å². The zero-order chi connectivity index (χ0) is 15.5. The fraction of sp³-hybridized carbons (Fsp3) is 0.333. The van der Waals surface area contributed by atoms with Crippen LogP contribution in [-0.2, 0) is 0 Å². The monoisotopic (exact) mass is 321 g/mol. The average molecular weight is 322 g/mol. The van der Waals surface area contributed by atoms with E-state index in [4.69, 9.17) is 17.3 Å². The summed E-state index contributed by atoms with van der Waals surface area (Å²) < 4.78 is 13.3. The molecule has 4 N–H and O–H groups in total. The molecule has 1 aliphatic rings. The van der Waals surface area contributed by atoms with Gasteiger partial charge < -0.3 is 16.4 Å². The van der Waals surface area contributed by atoms with Gasteiger partial charge in [0, 0.05) is 24.2 Å². The van der Waals surface area contributed by atoms with Crippen molar-refractivity contribution in [3.8, 4) is 11.4 Å². The predicted octanol–water partition coefficient (Wildman–Crippen LogP) is 2.68. The third-order valence-electron chi connectivity index (χ3n) is 3.57. The molecule has 116 valence electrons. The fourth-order valence-corrected chi connectivity index (χ4v) is 2.67. The molecule has 22 heavy (non-hydrogen) atoms. The van der Waals surface area contributed by atoms with Crippen molar-refractivity contribution in [2.24, 2.45) is 0 Å². The van der Waals surface area contributed by atoms with Crippen LogP contribution < -0.4 is 16.4 Å². The molecule has 0 radical (unpaired) electrons. The van der Waals surface area contributed by atoms with Gasteiger partial charge in [-0.15, -0.1) is 0 Å². The van der Waals surface area contributed by atoms with Crippen molar-refractivity contribution in [1.82, 2.24) is 15.3 Å². The molecule has 1 aromatic carbocycles. The lowest BCUT2D eigenvalue weighted by Crippen LogP contribution is -2.38. The summed E-state index contributed by atoms with van der Waals surface area (Å²) in [6, 6.07) is 6.39. The van der Waals surface area contributed by atoms with E-state index in [-0.39, 0.29) is 5.02 Å². The molecule has 1 fully saturated rings. The number of nitrogens with two attached hydrogens (primary N) is 1. The Balaban J connectivity index is 1.86. The van der Waals surface area contributed by atoms with Crippen molar-refractivity contribution in [2.45, 2.75) is 18.9 Å². The zero-order valence-electron chi connectivity index (χ0n) is 11.9. The molecule has 0 bridgehead atoms. The second-order valence-corrected chi connectivity index (χ2v) is 5.73. The van der Waals surface area contributed by atoms with Crippen LogP contribution in [0.15, 0.2) is 24.3 Å². The summed E-state index contributed by atoms with van der Waals surface area (Å²) in [5, 5.41) is 6.73. The maximum Gasteiger partial charge on any atom is 0.163 e. The third-order valence-corrected chi connectivity index (χ3v) is 3.86. The highest BCUT2D eigenvalue weighted by Crippen LogP contribution is 2.24. The molecule has 0 aliphatic carbocycles. The Bertz CT molecular complexity index is 673. The van der Waals surface area contributed by atoms with Crippen LogP contribution in [0.5, 0.6) is 0 Å². The number of rotatable bonds is 3. The van der Waals surface area contributed by atoms with Gasteiger partial charge in [0.2, 0.25) is 0 Å². The van der Waals surface area contributed by atoms with E-state index in [0.29, 0.717) is 29.1 Å². The number of nitrogens with one attached hydrogen (secondary N) is 2. The van der Waals surface area contributed by atoms with Gasteiger partial charge >= 0.3 is 0 Å². The second kappa shape index (κ2) is 6.46. The highest BCUT2D eigenvalue weighted by atomic mass is 35.5. The Morgan fingerprint density at radius 3 is 2.91 bits per heavy atom. The third kappa shape index (κ3) is 3.45. The number of halogens is 2. The zero-order valence-corrected chi connectivity index (χ0v) is 12.7. The Morgan fingerprint density at radius 1 is 1.32 bits per heavy atom. The summed E-state index contributed by atoms with van der Waals surface area (Å²) in [7, 11) is 0. The first-order chi connectivity index (χ1) is 10.6. The molecule has 0 saturated carbocycles. The van der Waals surface area contributed by atoms with E-state index >= 15 is 0 Å². The molecule has 2 aromatic rings. The predicted molar refractivity (Wildman–Crippen MR) is 86.4 cm³/mol. The van der Waals surface area contributed by atoms with Gasteiger partial charge in [0.15, 0.2) is 5.82 Å². The summed E-state index contributed by atoms with van der Waals surface area (Å²) in [6.45, 7) is 1.94. The number of hydrogen-bond acceptors (Lipinski definition) is 5. The van der Waals surface area contributed by atoms with E-state index in [1.54, 1.807) is 12.1 Å². The molecule has 1 atom stereocenters. The topological polar surface area (TPSA) is 75.9 Å². The van der Waals surface area contributed by atoms with Crippen molar-refractivity contribution in [1.29, 1.82) is 0 Å². The Labute approximate surface area is 133 Å². The van der Waals surface area contributed by atoms with E-state index < -0.39 is 5.82 Å². The maximum absolute atomic E-state index is 13.3. The Kier molecular flexibility index (Phi) is 4.40. The van der Waals surface area contributed by atoms with Gasteiger partial charge in [0.25, 0.3) is 0 Å². The van der Waals surface area contributed by atoms with Crippen LogP contribution in [0.25, 0.3) is 11.4 Å². The summed E-state index contributed by atoms with van der Waals surface area (Å²) in [5.41, 5.74) is 6.48. The number of benzene rings is 1. The Morgan fingerprint density at radius 2 is 2.18 bits per heavy atom. The van der Waals surface area contributed by atoms with Gasteiger partial charge in [0.05, 0.1) is 5.02 Å². The van der Waals surface area contributed by atoms with Crippen molar-refractivity contribution in [3.63, 3.8) is 0 Å². The Hall–Kier alpha value is -1.92. The van der Waals surface area contributed by atoms with Crippen LogP contribution in [0.1, 0.15) is 12.8 Å². The first-order valence-corrected chi connectivity index (χ1v) is 7.57. The fourth-order valence-electron chi connectivity index (χ4n) is 2.49. The molecule has 0 amide bonds. The lowest BCUT2D eigenvalue weighted by molar-refractivity contribution is 0.479. The molecular formula is C15H17ClFN5. The lowest BCUT2D eigenvalue weighted by Gasteiger charge is -2.24. The van der Waals surface area contributed by atoms with E-state index in [0.717, 1.165) is 25.9 Å². The molecule has 1 aliphatic heterocycles. The van der Waals surface area contributed by atoms with Crippen molar-refractivity contribution in [3.05, 3.63) is 35.1 Å². The normalized spacial score (nSPS) is 18.2. The van der Waals surface area contributed by atoms with Crippen molar-refractivity contribution < 1.29 is 4.39 Å². The molecule has 3 rings (SSSR count). The van der Waals surface area contributed by atoms with Crippen molar-refractivity contribution >= 4 is 23.2 Å². The average Bonchev–Trinajstić information content (AvgIpc) is 2.50. The standard InChI is InChI=1S/C15H17ClFN5/c16-11-6-9(3-4-12(11)17)15-21-13(18)7-14(22-15)20-10-2-1-5-19-8-10/h3-4,6-7,10,19H,1-2,5,8H2,(H3,18,20,21,22). The lowest BCUT2D eigenvalue weighted by atomic mass is 10.1. The molecule has 0 spiro atoms.